The minimum absolute atomic E-state index is 0.0824. The van der Waals surface area contributed by atoms with Crippen LogP contribution in [0, 0.1) is 5.92 Å². The number of amides is 1. The topological polar surface area (TPSA) is 56.9 Å². The van der Waals surface area contributed by atoms with E-state index in [1.165, 1.54) is 0 Å². The van der Waals surface area contributed by atoms with Gasteiger partial charge in [-0.25, -0.2) is 0 Å². The van der Waals surface area contributed by atoms with Crippen LogP contribution in [0.1, 0.15) is 26.0 Å². The van der Waals surface area contributed by atoms with Crippen molar-refractivity contribution in [3.05, 3.63) is 35.0 Å². The molecule has 114 valence electrons. The molecule has 1 aromatic carbocycles. The molecule has 0 aliphatic carbocycles. The van der Waals surface area contributed by atoms with Crippen LogP contribution in [0.4, 0.5) is 0 Å². The van der Waals surface area contributed by atoms with Gasteiger partial charge in [-0.1, -0.05) is 43.6 Å². The zero-order valence-electron chi connectivity index (χ0n) is 12.5. The van der Waals surface area contributed by atoms with E-state index in [1.54, 1.807) is 0 Å². The van der Waals surface area contributed by atoms with Gasteiger partial charge in [0, 0.05) is 42.7 Å². The SMILES string of the molecule is CC(C)CNC(=O)CCNCc1[nH]c2ccccc2c1Cl. The predicted octanol–water partition coefficient (Wildman–Crippen LogP) is 3.07. The Morgan fingerprint density at radius 1 is 1.33 bits per heavy atom. The largest absolute Gasteiger partial charge is 0.356 e. The van der Waals surface area contributed by atoms with E-state index in [0.29, 0.717) is 25.4 Å². The summed E-state index contributed by atoms with van der Waals surface area (Å²) in [5, 5.41) is 7.93. The van der Waals surface area contributed by atoms with Gasteiger partial charge in [0.05, 0.1) is 5.02 Å². The summed E-state index contributed by atoms with van der Waals surface area (Å²) < 4.78 is 0. The second kappa shape index (κ2) is 7.48. The fraction of sp³-hybridized carbons (Fsp3) is 0.438. The molecule has 0 aliphatic heterocycles. The summed E-state index contributed by atoms with van der Waals surface area (Å²) in [5.41, 5.74) is 1.99. The van der Waals surface area contributed by atoms with E-state index in [4.69, 9.17) is 11.6 Å². The number of H-pyrrole nitrogens is 1. The van der Waals surface area contributed by atoms with Crippen LogP contribution in [0.25, 0.3) is 10.9 Å². The predicted molar refractivity (Wildman–Crippen MR) is 87.5 cm³/mol. The van der Waals surface area contributed by atoms with Gasteiger partial charge in [0.1, 0.15) is 0 Å². The first kappa shape index (κ1) is 15.9. The molecule has 0 unspecified atom stereocenters. The first-order valence-corrected chi connectivity index (χ1v) is 7.68. The molecule has 0 bridgehead atoms. The second-order valence-corrected chi connectivity index (χ2v) is 5.97. The van der Waals surface area contributed by atoms with Crippen LogP contribution in [0.2, 0.25) is 5.02 Å². The van der Waals surface area contributed by atoms with Crippen LogP contribution in [0.5, 0.6) is 0 Å². The van der Waals surface area contributed by atoms with Crippen molar-refractivity contribution in [2.45, 2.75) is 26.8 Å². The average molecular weight is 308 g/mol. The van der Waals surface area contributed by atoms with Crippen molar-refractivity contribution in [1.29, 1.82) is 0 Å². The highest BCUT2D eigenvalue weighted by molar-refractivity contribution is 6.36. The quantitative estimate of drug-likeness (QED) is 0.689. The molecule has 4 nitrogen and oxygen atoms in total. The number of aromatic nitrogens is 1. The monoisotopic (exact) mass is 307 g/mol. The van der Waals surface area contributed by atoms with Crippen molar-refractivity contribution in [3.8, 4) is 0 Å². The molecule has 0 saturated heterocycles. The van der Waals surface area contributed by atoms with E-state index < -0.39 is 0 Å². The molecule has 0 saturated carbocycles. The summed E-state index contributed by atoms with van der Waals surface area (Å²) in [4.78, 5) is 14.9. The Morgan fingerprint density at radius 3 is 2.81 bits per heavy atom. The lowest BCUT2D eigenvalue weighted by atomic mass is 10.2. The maximum Gasteiger partial charge on any atom is 0.221 e. The maximum absolute atomic E-state index is 11.6. The van der Waals surface area contributed by atoms with E-state index >= 15 is 0 Å². The first-order chi connectivity index (χ1) is 10.1. The van der Waals surface area contributed by atoms with Gasteiger partial charge in [-0.2, -0.15) is 0 Å². The first-order valence-electron chi connectivity index (χ1n) is 7.30. The number of hydrogen-bond donors (Lipinski definition) is 3. The van der Waals surface area contributed by atoms with Crippen LogP contribution in [0.3, 0.4) is 0 Å². The Labute approximate surface area is 130 Å². The van der Waals surface area contributed by atoms with E-state index in [0.717, 1.165) is 28.2 Å². The molecular weight excluding hydrogens is 286 g/mol. The van der Waals surface area contributed by atoms with Crippen LogP contribution in [-0.4, -0.2) is 24.0 Å². The molecule has 2 rings (SSSR count). The third kappa shape index (κ3) is 4.48. The number of nitrogens with one attached hydrogen (secondary N) is 3. The number of halogens is 1. The Bertz CT molecular complexity index is 607. The minimum Gasteiger partial charge on any atom is -0.356 e. The molecule has 0 spiro atoms. The molecule has 2 aromatic rings. The fourth-order valence-electron chi connectivity index (χ4n) is 2.11. The van der Waals surface area contributed by atoms with Crippen molar-refractivity contribution in [3.63, 3.8) is 0 Å². The van der Waals surface area contributed by atoms with Crippen LogP contribution >= 0.6 is 11.6 Å². The maximum atomic E-state index is 11.6. The zero-order chi connectivity index (χ0) is 15.2. The minimum atomic E-state index is 0.0824. The normalized spacial score (nSPS) is 11.2. The van der Waals surface area contributed by atoms with Crippen molar-refractivity contribution in [2.75, 3.05) is 13.1 Å². The standard InChI is InChI=1S/C16H22ClN3O/c1-11(2)9-19-15(21)7-8-18-10-14-16(17)12-5-3-4-6-13(12)20-14/h3-6,11,18,20H,7-10H2,1-2H3,(H,19,21). The molecule has 1 aromatic heterocycles. The Hall–Kier alpha value is -1.52. The van der Waals surface area contributed by atoms with Gasteiger partial charge in [-0.05, 0) is 12.0 Å². The van der Waals surface area contributed by atoms with E-state index in [-0.39, 0.29) is 5.91 Å². The van der Waals surface area contributed by atoms with Crippen LogP contribution < -0.4 is 10.6 Å². The van der Waals surface area contributed by atoms with Crippen LogP contribution in [0.15, 0.2) is 24.3 Å². The van der Waals surface area contributed by atoms with Gasteiger partial charge < -0.3 is 15.6 Å². The number of rotatable bonds is 7. The highest BCUT2D eigenvalue weighted by Crippen LogP contribution is 2.26. The van der Waals surface area contributed by atoms with Gasteiger partial charge in [-0.3, -0.25) is 4.79 Å². The number of hydrogen-bond acceptors (Lipinski definition) is 2. The molecular formula is C16H22ClN3O. The molecule has 0 radical (unpaired) electrons. The van der Waals surface area contributed by atoms with E-state index in [1.807, 2.05) is 24.3 Å². The molecule has 0 aliphatic rings. The lowest BCUT2D eigenvalue weighted by Crippen LogP contribution is -2.30. The highest BCUT2D eigenvalue weighted by atomic mass is 35.5. The molecule has 21 heavy (non-hydrogen) atoms. The lowest BCUT2D eigenvalue weighted by Gasteiger charge is -2.08. The number of carbonyl (C=O) groups is 1. The average Bonchev–Trinajstić information content (AvgIpc) is 2.78. The third-order valence-corrected chi connectivity index (χ3v) is 3.68. The number of benzene rings is 1. The molecule has 3 N–H and O–H groups in total. The highest BCUT2D eigenvalue weighted by Gasteiger charge is 2.08. The number of aromatic amines is 1. The van der Waals surface area contributed by atoms with Crippen LogP contribution in [-0.2, 0) is 11.3 Å². The smallest absolute Gasteiger partial charge is 0.221 e. The molecule has 5 heteroatoms. The van der Waals surface area contributed by atoms with E-state index in [2.05, 4.69) is 29.5 Å². The summed E-state index contributed by atoms with van der Waals surface area (Å²) in [7, 11) is 0. The molecule has 0 fully saturated rings. The zero-order valence-corrected chi connectivity index (χ0v) is 13.3. The Balaban J connectivity index is 1.78. The van der Waals surface area contributed by atoms with Gasteiger partial charge in [-0.15, -0.1) is 0 Å². The van der Waals surface area contributed by atoms with Crippen molar-refractivity contribution < 1.29 is 4.79 Å². The summed E-state index contributed by atoms with van der Waals surface area (Å²) in [6.45, 7) is 6.15. The van der Waals surface area contributed by atoms with Crippen molar-refractivity contribution >= 4 is 28.4 Å². The fourth-order valence-corrected chi connectivity index (χ4v) is 2.39. The van der Waals surface area contributed by atoms with Crippen molar-refractivity contribution in [1.82, 2.24) is 15.6 Å². The van der Waals surface area contributed by atoms with E-state index in [9.17, 15) is 4.79 Å². The summed E-state index contributed by atoms with van der Waals surface area (Å²) in [5.74, 6) is 0.561. The Kier molecular flexibility index (Phi) is 5.65. The van der Waals surface area contributed by atoms with Crippen molar-refractivity contribution in [2.24, 2.45) is 5.92 Å². The number of para-hydroxylation sites is 1. The number of fused-ring (bicyclic) bond motifs is 1. The molecule has 1 amide bonds. The van der Waals surface area contributed by atoms with Gasteiger partial charge in [0.2, 0.25) is 5.91 Å². The number of carbonyl (C=O) groups excluding carboxylic acids is 1. The summed E-state index contributed by atoms with van der Waals surface area (Å²) in [6, 6.07) is 7.95. The van der Waals surface area contributed by atoms with Gasteiger partial charge >= 0.3 is 0 Å². The summed E-state index contributed by atoms with van der Waals surface area (Å²) >= 11 is 6.33. The lowest BCUT2D eigenvalue weighted by molar-refractivity contribution is -0.121. The second-order valence-electron chi connectivity index (χ2n) is 5.59. The molecule has 1 heterocycles. The van der Waals surface area contributed by atoms with Gasteiger partial charge in [0.15, 0.2) is 0 Å². The summed E-state index contributed by atoms with van der Waals surface area (Å²) in [6.07, 6.45) is 0.477. The molecule has 0 atom stereocenters. The Morgan fingerprint density at radius 2 is 2.10 bits per heavy atom. The van der Waals surface area contributed by atoms with Gasteiger partial charge in [0.25, 0.3) is 0 Å². The third-order valence-electron chi connectivity index (χ3n) is 3.25.